The third-order valence-electron chi connectivity index (χ3n) is 3.55. The van der Waals surface area contributed by atoms with Gasteiger partial charge in [0.15, 0.2) is 11.5 Å². The third kappa shape index (κ3) is 2.49. The van der Waals surface area contributed by atoms with Crippen LogP contribution in [0.2, 0.25) is 0 Å². The van der Waals surface area contributed by atoms with Crippen molar-refractivity contribution < 1.29 is 9.47 Å². The van der Waals surface area contributed by atoms with E-state index in [1.807, 2.05) is 6.07 Å². The van der Waals surface area contributed by atoms with Crippen molar-refractivity contribution in [2.75, 3.05) is 14.2 Å². The van der Waals surface area contributed by atoms with Crippen LogP contribution in [0.1, 0.15) is 16.7 Å². The van der Waals surface area contributed by atoms with Crippen LogP contribution in [0, 0.1) is 13.8 Å². The number of hydrogen-bond donors (Lipinski definition) is 1. The molecule has 0 aliphatic rings. The molecule has 0 aliphatic heterocycles. The Morgan fingerprint density at radius 1 is 1.00 bits per heavy atom. The first-order valence-corrected chi connectivity index (χ1v) is 6.64. The fraction of sp³-hybridized carbons (Fsp3) is 0.294. The van der Waals surface area contributed by atoms with Crippen molar-refractivity contribution >= 4 is 0 Å². The molecule has 0 aromatic heterocycles. The van der Waals surface area contributed by atoms with Crippen LogP contribution in [-0.2, 0) is 6.54 Å². The zero-order valence-corrected chi connectivity index (χ0v) is 12.5. The van der Waals surface area contributed by atoms with Crippen molar-refractivity contribution in [3.05, 3.63) is 47.0 Å². The Bertz CT molecular complexity index is 575. The highest BCUT2D eigenvalue weighted by atomic mass is 16.5. The summed E-state index contributed by atoms with van der Waals surface area (Å²) in [6.45, 7) is 4.64. The zero-order valence-electron chi connectivity index (χ0n) is 12.5. The molecule has 3 nitrogen and oxygen atoms in total. The molecule has 0 atom stereocenters. The van der Waals surface area contributed by atoms with Crippen LogP contribution >= 0.6 is 0 Å². The van der Waals surface area contributed by atoms with E-state index in [0.29, 0.717) is 18.0 Å². The lowest BCUT2D eigenvalue weighted by Crippen LogP contribution is -2.03. The van der Waals surface area contributed by atoms with Gasteiger partial charge in [-0.3, -0.25) is 0 Å². The lowest BCUT2D eigenvalue weighted by atomic mass is 9.94. The Hall–Kier alpha value is -2.00. The Balaban J connectivity index is 2.69. The molecule has 0 heterocycles. The van der Waals surface area contributed by atoms with E-state index in [0.717, 1.165) is 11.1 Å². The van der Waals surface area contributed by atoms with Gasteiger partial charge in [-0.1, -0.05) is 18.2 Å². The maximum Gasteiger partial charge on any atom is 0.165 e. The van der Waals surface area contributed by atoms with E-state index in [-0.39, 0.29) is 0 Å². The smallest absolute Gasteiger partial charge is 0.165 e. The van der Waals surface area contributed by atoms with Crippen LogP contribution in [-0.4, -0.2) is 14.2 Å². The Morgan fingerprint density at radius 2 is 1.65 bits per heavy atom. The van der Waals surface area contributed by atoms with Gasteiger partial charge < -0.3 is 15.2 Å². The number of nitrogens with two attached hydrogens (primary N) is 1. The first-order chi connectivity index (χ1) is 9.62. The van der Waals surface area contributed by atoms with E-state index in [1.165, 1.54) is 16.7 Å². The van der Waals surface area contributed by atoms with Gasteiger partial charge in [0.2, 0.25) is 0 Å². The molecule has 2 aromatic rings. The zero-order chi connectivity index (χ0) is 14.7. The molecule has 0 bridgehead atoms. The SMILES string of the molecule is COc1cc(-c2c(C)cccc2C)cc(CN)c1OC. The van der Waals surface area contributed by atoms with Crippen LogP contribution < -0.4 is 15.2 Å². The maximum atomic E-state index is 5.84. The molecule has 0 saturated heterocycles. The predicted molar refractivity (Wildman–Crippen MR) is 82.3 cm³/mol. The molecule has 0 fully saturated rings. The van der Waals surface area contributed by atoms with Crippen LogP contribution in [0.5, 0.6) is 11.5 Å². The summed E-state index contributed by atoms with van der Waals surface area (Å²) in [5.41, 5.74) is 11.6. The molecular weight excluding hydrogens is 250 g/mol. The van der Waals surface area contributed by atoms with Gasteiger partial charge in [-0.15, -0.1) is 0 Å². The van der Waals surface area contributed by atoms with E-state index in [1.54, 1.807) is 14.2 Å². The highest BCUT2D eigenvalue weighted by molar-refractivity contribution is 5.74. The van der Waals surface area contributed by atoms with Crippen molar-refractivity contribution in [3.8, 4) is 22.6 Å². The molecule has 0 amide bonds. The molecule has 0 unspecified atom stereocenters. The van der Waals surface area contributed by atoms with E-state index in [2.05, 4.69) is 38.1 Å². The quantitative estimate of drug-likeness (QED) is 0.926. The average Bonchev–Trinajstić information content (AvgIpc) is 2.45. The molecule has 0 saturated carbocycles. The fourth-order valence-corrected chi connectivity index (χ4v) is 2.61. The van der Waals surface area contributed by atoms with Crippen LogP contribution in [0.4, 0.5) is 0 Å². The molecule has 3 heteroatoms. The van der Waals surface area contributed by atoms with Gasteiger partial charge in [-0.2, -0.15) is 0 Å². The monoisotopic (exact) mass is 271 g/mol. The minimum atomic E-state index is 0.415. The van der Waals surface area contributed by atoms with E-state index in [9.17, 15) is 0 Å². The topological polar surface area (TPSA) is 44.5 Å². The van der Waals surface area contributed by atoms with Crippen molar-refractivity contribution in [3.63, 3.8) is 0 Å². The number of ether oxygens (including phenoxy) is 2. The van der Waals surface area contributed by atoms with Gasteiger partial charge in [0.1, 0.15) is 0 Å². The number of hydrogen-bond acceptors (Lipinski definition) is 3. The largest absolute Gasteiger partial charge is 0.493 e. The lowest BCUT2D eigenvalue weighted by molar-refractivity contribution is 0.352. The minimum Gasteiger partial charge on any atom is -0.493 e. The molecular formula is C17H21NO2. The first kappa shape index (κ1) is 14.4. The maximum absolute atomic E-state index is 5.84. The second-order valence-corrected chi connectivity index (χ2v) is 4.84. The summed E-state index contributed by atoms with van der Waals surface area (Å²) in [6.07, 6.45) is 0. The molecule has 20 heavy (non-hydrogen) atoms. The van der Waals surface area contributed by atoms with Crippen LogP contribution in [0.3, 0.4) is 0 Å². The third-order valence-corrected chi connectivity index (χ3v) is 3.55. The minimum absolute atomic E-state index is 0.415. The van der Waals surface area contributed by atoms with Crippen molar-refractivity contribution in [2.45, 2.75) is 20.4 Å². The number of aryl methyl sites for hydroxylation is 2. The molecule has 0 aliphatic carbocycles. The number of rotatable bonds is 4. The molecule has 0 spiro atoms. The predicted octanol–water partition coefficient (Wildman–Crippen LogP) is 3.45. The second-order valence-electron chi connectivity index (χ2n) is 4.84. The molecule has 2 aromatic carbocycles. The van der Waals surface area contributed by atoms with Gasteiger partial charge in [-0.25, -0.2) is 0 Å². The van der Waals surface area contributed by atoms with Gasteiger partial charge >= 0.3 is 0 Å². The summed E-state index contributed by atoms with van der Waals surface area (Å²) in [6, 6.07) is 10.4. The van der Waals surface area contributed by atoms with Gasteiger partial charge in [0.05, 0.1) is 14.2 Å². The molecule has 106 valence electrons. The molecule has 2 rings (SSSR count). The standard InChI is InChI=1S/C17H21NO2/c1-11-6-5-7-12(2)16(11)13-8-14(10-18)17(20-4)15(9-13)19-3/h5-9H,10,18H2,1-4H3. The average molecular weight is 271 g/mol. The lowest BCUT2D eigenvalue weighted by Gasteiger charge is -2.16. The van der Waals surface area contributed by atoms with Gasteiger partial charge in [0.25, 0.3) is 0 Å². The summed E-state index contributed by atoms with van der Waals surface area (Å²) in [7, 11) is 3.28. The van der Waals surface area contributed by atoms with Crippen LogP contribution in [0.15, 0.2) is 30.3 Å². The van der Waals surface area contributed by atoms with Crippen molar-refractivity contribution in [2.24, 2.45) is 5.73 Å². The van der Waals surface area contributed by atoms with E-state index in [4.69, 9.17) is 15.2 Å². The Morgan fingerprint density at radius 3 is 2.15 bits per heavy atom. The Kier molecular flexibility index (Phi) is 4.30. The summed E-state index contributed by atoms with van der Waals surface area (Å²) in [4.78, 5) is 0. The molecule has 0 radical (unpaired) electrons. The fourth-order valence-electron chi connectivity index (χ4n) is 2.61. The summed E-state index contributed by atoms with van der Waals surface area (Å²) in [5.74, 6) is 1.43. The number of methoxy groups -OCH3 is 2. The molecule has 2 N–H and O–H groups in total. The van der Waals surface area contributed by atoms with E-state index < -0.39 is 0 Å². The van der Waals surface area contributed by atoms with E-state index >= 15 is 0 Å². The van der Waals surface area contributed by atoms with Gasteiger partial charge in [0, 0.05) is 12.1 Å². The summed E-state index contributed by atoms with van der Waals surface area (Å²) >= 11 is 0. The van der Waals surface area contributed by atoms with Crippen molar-refractivity contribution in [1.29, 1.82) is 0 Å². The second kappa shape index (κ2) is 5.97. The normalized spacial score (nSPS) is 10.4. The first-order valence-electron chi connectivity index (χ1n) is 6.64. The summed E-state index contributed by atoms with van der Waals surface area (Å²) in [5, 5.41) is 0. The van der Waals surface area contributed by atoms with Gasteiger partial charge in [-0.05, 0) is 48.2 Å². The van der Waals surface area contributed by atoms with Crippen LogP contribution in [0.25, 0.3) is 11.1 Å². The summed E-state index contributed by atoms with van der Waals surface area (Å²) < 4.78 is 10.8. The highest BCUT2D eigenvalue weighted by Gasteiger charge is 2.14. The number of benzene rings is 2. The highest BCUT2D eigenvalue weighted by Crippen LogP contribution is 2.38. The Labute approximate surface area is 120 Å². The van der Waals surface area contributed by atoms with Crippen molar-refractivity contribution in [1.82, 2.24) is 0 Å².